The van der Waals surface area contributed by atoms with Crippen LogP contribution >= 0.6 is 0 Å². The molecule has 0 aliphatic carbocycles. The third-order valence-electron chi connectivity index (χ3n) is 6.86. The summed E-state index contributed by atoms with van der Waals surface area (Å²) in [5.74, 6) is 3.14. The van der Waals surface area contributed by atoms with Gasteiger partial charge in [0.15, 0.2) is 23.0 Å². The van der Waals surface area contributed by atoms with Crippen molar-refractivity contribution in [1.82, 2.24) is 0 Å². The van der Waals surface area contributed by atoms with Crippen LogP contribution < -0.4 is 18.9 Å². The SMILES string of the molecule is C=Cc1c2c(c(C)c(C)c1-c1c(C)c(C)c3c(C)c(OC)c(OC)cc3c1C)OCO2. The molecule has 0 unspecified atom stereocenters. The Bertz CT molecular complexity index is 1250. The molecule has 3 aromatic carbocycles. The minimum atomic E-state index is 0.241. The first kappa shape index (κ1) is 21.1. The molecule has 1 aliphatic heterocycles. The van der Waals surface area contributed by atoms with E-state index in [1.807, 2.05) is 6.08 Å². The van der Waals surface area contributed by atoms with Crippen LogP contribution in [0.2, 0.25) is 0 Å². The lowest BCUT2D eigenvalue weighted by Crippen LogP contribution is -2.03. The molecule has 4 rings (SSSR count). The molecule has 0 bridgehead atoms. The minimum absolute atomic E-state index is 0.241. The van der Waals surface area contributed by atoms with Crippen LogP contribution in [-0.4, -0.2) is 21.0 Å². The first-order valence-electron chi connectivity index (χ1n) is 10.5. The molecule has 0 aromatic heterocycles. The van der Waals surface area contributed by atoms with Crippen LogP contribution in [0.5, 0.6) is 23.0 Å². The summed E-state index contributed by atoms with van der Waals surface area (Å²) in [6.45, 7) is 17.2. The molecular weight excluding hydrogens is 388 g/mol. The molecule has 0 atom stereocenters. The number of rotatable bonds is 4. The molecule has 0 fully saturated rings. The minimum Gasteiger partial charge on any atom is -0.493 e. The molecule has 4 nitrogen and oxygen atoms in total. The maximum atomic E-state index is 5.87. The van der Waals surface area contributed by atoms with Gasteiger partial charge in [-0.1, -0.05) is 12.7 Å². The van der Waals surface area contributed by atoms with Gasteiger partial charge >= 0.3 is 0 Å². The first-order chi connectivity index (χ1) is 14.8. The van der Waals surface area contributed by atoms with Crippen LogP contribution in [0.25, 0.3) is 28.0 Å². The third-order valence-corrected chi connectivity index (χ3v) is 6.86. The number of methoxy groups -OCH3 is 2. The maximum absolute atomic E-state index is 5.87. The lowest BCUT2D eigenvalue weighted by atomic mass is 9.81. The summed E-state index contributed by atoms with van der Waals surface area (Å²) in [5.41, 5.74) is 10.4. The van der Waals surface area contributed by atoms with Crippen molar-refractivity contribution < 1.29 is 18.9 Å². The van der Waals surface area contributed by atoms with Gasteiger partial charge in [-0.05, 0) is 97.3 Å². The van der Waals surface area contributed by atoms with Crippen LogP contribution in [-0.2, 0) is 0 Å². The molecule has 162 valence electrons. The van der Waals surface area contributed by atoms with E-state index in [9.17, 15) is 0 Å². The van der Waals surface area contributed by atoms with E-state index in [-0.39, 0.29) is 6.79 Å². The average molecular weight is 419 g/mol. The normalized spacial score (nSPS) is 12.4. The van der Waals surface area contributed by atoms with Gasteiger partial charge in [-0.2, -0.15) is 0 Å². The summed E-state index contributed by atoms with van der Waals surface area (Å²) in [5, 5.41) is 2.38. The van der Waals surface area contributed by atoms with Gasteiger partial charge in [-0.25, -0.2) is 0 Å². The number of ether oxygens (including phenoxy) is 4. The maximum Gasteiger partial charge on any atom is 0.231 e. The van der Waals surface area contributed by atoms with Crippen molar-refractivity contribution in [2.24, 2.45) is 0 Å². The van der Waals surface area contributed by atoms with Crippen LogP contribution in [0.15, 0.2) is 12.6 Å². The van der Waals surface area contributed by atoms with Gasteiger partial charge in [-0.3, -0.25) is 0 Å². The summed E-state index contributed by atoms with van der Waals surface area (Å²) in [7, 11) is 3.37. The monoisotopic (exact) mass is 418 g/mol. The Labute approximate surface area is 184 Å². The predicted octanol–water partition coefficient (Wildman–Crippen LogP) is 6.75. The summed E-state index contributed by atoms with van der Waals surface area (Å²) in [4.78, 5) is 0. The van der Waals surface area contributed by atoms with Gasteiger partial charge in [0.25, 0.3) is 0 Å². The zero-order chi connectivity index (χ0) is 22.6. The van der Waals surface area contributed by atoms with Crippen LogP contribution in [0.3, 0.4) is 0 Å². The van der Waals surface area contributed by atoms with Gasteiger partial charge < -0.3 is 18.9 Å². The molecule has 0 N–H and O–H groups in total. The predicted molar refractivity (Wildman–Crippen MR) is 127 cm³/mol. The smallest absolute Gasteiger partial charge is 0.231 e. The second-order valence-corrected chi connectivity index (χ2v) is 8.22. The highest BCUT2D eigenvalue weighted by Gasteiger charge is 2.28. The molecular formula is C27H30O4. The van der Waals surface area contributed by atoms with Crippen molar-refractivity contribution in [3.8, 4) is 34.1 Å². The number of aryl methyl sites for hydroxylation is 3. The molecule has 0 spiro atoms. The number of hydrogen-bond acceptors (Lipinski definition) is 4. The van der Waals surface area contributed by atoms with E-state index in [0.29, 0.717) is 0 Å². The van der Waals surface area contributed by atoms with E-state index >= 15 is 0 Å². The average Bonchev–Trinajstić information content (AvgIpc) is 3.25. The van der Waals surface area contributed by atoms with E-state index in [0.717, 1.165) is 50.6 Å². The molecule has 3 aromatic rings. The number of hydrogen-bond donors (Lipinski definition) is 0. The van der Waals surface area contributed by atoms with Gasteiger partial charge in [0, 0.05) is 11.1 Å². The zero-order valence-electron chi connectivity index (χ0n) is 19.7. The van der Waals surface area contributed by atoms with Gasteiger partial charge in [0.2, 0.25) is 6.79 Å². The van der Waals surface area contributed by atoms with E-state index in [2.05, 4.69) is 54.2 Å². The molecule has 0 saturated heterocycles. The largest absolute Gasteiger partial charge is 0.493 e. The van der Waals surface area contributed by atoms with E-state index in [4.69, 9.17) is 18.9 Å². The van der Waals surface area contributed by atoms with E-state index in [1.165, 1.54) is 33.2 Å². The van der Waals surface area contributed by atoms with Crippen molar-refractivity contribution in [3.63, 3.8) is 0 Å². The van der Waals surface area contributed by atoms with Gasteiger partial charge in [-0.15, -0.1) is 0 Å². The highest BCUT2D eigenvalue weighted by atomic mass is 16.7. The summed E-state index contributed by atoms with van der Waals surface area (Å²) >= 11 is 0. The molecule has 1 heterocycles. The molecule has 0 amide bonds. The Morgan fingerprint density at radius 1 is 0.774 bits per heavy atom. The van der Waals surface area contributed by atoms with Crippen molar-refractivity contribution in [3.05, 3.63) is 51.6 Å². The van der Waals surface area contributed by atoms with Gasteiger partial charge in [0.1, 0.15) is 0 Å². The van der Waals surface area contributed by atoms with Crippen molar-refractivity contribution in [2.45, 2.75) is 41.5 Å². The van der Waals surface area contributed by atoms with Crippen molar-refractivity contribution in [1.29, 1.82) is 0 Å². The summed E-state index contributed by atoms with van der Waals surface area (Å²) < 4.78 is 23.0. The Morgan fingerprint density at radius 2 is 1.42 bits per heavy atom. The van der Waals surface area contributed by atoms with Crippen LogP contribution in [0, 0.1) is 41.5 Å². The van der Waals surface area contributed by atoms with Crippen molar-refractivity contribution in [2.75, 3.05) is 21.0 Å². The second-order valence-electron chi connectivity index (χ2n) is 8.22. The quantitative estimate of drug-likeness (QED) is 0.470. The Hall–Kier alpha value is -3.14. The molecule has 31 heavy (non-hydrogen) atoms. The standard InChI is InChI=1S/C27H30O4/c1-10-19-24(15(4)16(5)26-27(19)31-12-30-26)23-14(3)13(2)22-18(7)25(29-9)21(28-8)11-20(22)17(23)6/h10-11H,1,12H2,2-9H3. The Kier molecular flexibility index (Phi) is 5.12. The lowest BCUT2D eigenvalue weighted by Gasteiger charge is -2.24. The highest BCUT2D eigenvalue weighted by molar-refractivity contribution is 6.02. The molecule has 4 heteroatoms. The van der Waals surface area contributed by atoms with E-state index in [1.54, 1.807) is 14.2 Å². The van der Waals surface area contributed by atoms with Crippen molar-refractivity contribution >= 4 is 16.8 Å². The summed E-state index contributed by atoms with van der Waals surface area (Å²) in [6, 6.07) is 2.09. The second kappa shape index (κ2) is 7.52. The Morgan fingerprint density at radius 3 is 2.03 bits per heavy atom. The van der Waals surface area contributed by atoms with E-state index < -0.39 is 0 Å². The molecule has 1 aliphatic rings. The number of benzene rings is 3. The van der Waals surface area contributed by atoms with Crippen LogP contribution in [0.4, 0.5) is 0 Å². The fourth-order valence-corrected chi connectivity index (χ4v) is 5.07. The topological polar surface area (TPSA) is 36.9 Å². The first-order valence-corrected chi connectivity index (χ1v) is 10.5. The third kappa shape index (κ3) is 2.81. The van der Waals surface area contributed by atoms with Crippen LogP contribution in [0.1, 0.15) is 38.9 Å². The fourth-order valence-electron chi connectivity index (χ4n) is 5.07. The molecule has 0 saturated carbocycles. The Balaban J connectivity index is 2.19. The highest BCUT2D eigenvalue weighted by Crippen LogP contribution is 2.50. The molecule has 0 radical (unpaired) electrons. The van der Waals surface area contributed by atoms with Gasteiger partial charge in [0.05, 0.1) is 14.2 Å². The fraction of sp³-hybridized carbons (Fsp3) is 0.333. The summed E-state index contributed by atoms with van der Waals surface area (Å²) in [6.07, 6.45) is 1.88. The lowest BCUT2D eigenvalue weighted by molar-refractivity contribution is 0.173. The number of fused-ring (bicyclic) bond motifs is 2. The zero-order valence-corrected chi connectivity index (χ0v) is 19.7.